The van der Waals surface area contributed by atoms with E-state index in [0.29, 0.717) is 36.1 Å². The number of ether oxygens (including phenoxy) is 1. The third kappa shape index (κ3) is 6.06. The molecule has 1 heterocycles. The van der Waals surface area contributed by atoms with Crippen LogP contribution in [0.5, 0.6) is 5.75 Å². The standard InChI is InChI=1S/C23H29N3O3/c1-3-29-21-13-11-20(12-14-21)25-23(28)18-7-9-19(10-8-18)24-22(27)16-26-15-5-4-6-17(26)2/h7-14,17H,3-6,15-16H2,1-2H3,(H,24,27)(H,25,28)/p+1/t17-/m0/s1. The van der Waals surface area contributed by atoms with Crippen LogP contribution in [0.25, 0.3) is 0 Å². The summed E-state index contributed by atoms with van der Waals surface area (Å²) >= 11 is 0. The van der Waals surface area contributed by atoms with Crippen LogP contribution in [0.4, 0.5) is 11.4 Å². The van der Waals surface area contributed by atoms with Crippen molar-refractivity contribution in [3.8, 4) is 5.75 Å². The zero-order valence-corrected chi connectivity index (χ0v) is 17.2. The van der Waals surface area contributed by atoms with Crippen LogP contribution in [0.1, 0.15) is 43.5 Å². The van der Waals surface area contributed by atoms with E-state index in [1.165, 1.54) is 24.2 Å². The summed E-state index contributed by atoms with van der Waals surface area (Å²) in [5, 5.41) is 5.80. The highest BCUT2D eigenvalue weighted by molar-refractivity contribution is 6.04. The van der Waals surface area contributed by atoms with E-state index in [0.717, 1.165) is 12.3 Å². The van der Waals surface area contributed by atoms with Crippen molar-refractivity contribution in [2.45, 2.75) is 39.2 Å². The molecule has 0 bridgehead atoms. The van der Waals surface area contributed by atoms with Crippen LogP contribution in [0.2, 0.25) is 0 Å². The molecule has 2 aromatic rings. The fourth-order valence-corrected chi connectivity index (χ4v) is 3.64. The fourth-order valence-electron chi connectivity index (χ4n) is 3.64. The Bertz CT molecular complexity index is 818. The quantitative estimate of drug-likeness (QED) is 0.674. The molecule has 3 N–H and O–H groups in total. The smallest absolute Gasteiger partial charge is 0.279 e. The van der Waals surface area contributed by atoms with Crippen molar-refractivity contribution in [3.05, 3.63) is 54.1 Å². The molecule has 0 saturated carbocycles. The minimum absolute atomic E-state index is 0.0142. The second kappa shape index (κ2) is 10.1. The average Bonchev–Trinajstić information content (AvgIpc) is 2.72. The highest BCUT2D eigenvalue weighted by atomic mass is 16.5. The van der Waals surface area contributed by atoms with Crippen LogP contribution in [0.3, 0.4) is 0 Å². The first kappa shape index (κ1) is 20.9. The predicted octanol–water partition coefficient (Wildman–Crippen LogP) is 2.73. The van der Waals surface area contributed by atoms with Gasteiger partial charge >= 0.3 is 0 Å². The minimum atomic E-state index is -0.196. The maximum Gasteiger partial charge on any atom is 0.279 e. The lowest BCUT2D eigenvalue weighted by Crippen LogP contribution is -3.17. The normalized spacial score (nSPS) is 18.7. The zero-order valence-electron chi connectivity index (χ0n) is 17.2. The first-order chi connectivity index (χ1) is 14.0. The number of hydrogen-bond acceptors (Lipinski definition) is 3. The lowest BCUT2D eigenvalue weighted by molar-refractivity contribution is -0.920. The fraction of sp³-hybridized carbons (Fsp3) is 0.391. The molecule has 2 atom stereocenters. The summed E-state index contributed by atoms with van der Waals surface area (Å²) in [5.41, 5.74) is 1.94. The number of rotatable bonds is 7. The van der Waals surface area contributed by atoms with Crippen LogP contribution in [0, 0.1) is 0 Å². The Morgan fingerprint density at radius 2 is 1.66 bits per heavy atom. The highest BCUT2D eigenvalue weighted by Gasteiger charge is 2.24. The SMILES string of the molecule is CCOc1ccc(NC(=O)c2ccc(NC(=O)C[NH+]3CCCC[C@@H]3C)cc2)cc1. The van der Waals surface area contributed by atoms with E-state index in [-0.39, 0.29) is 11.8 Å². The number of amides is 2. The molecular formula is C23H30N3O3+. The molecule has 1 unspecified atom stereocenters. The lowest BCUT2D eigenvalue weighted by atomic mass is 10.0. The van der Waals surface area contributed by atoms with E-state index in [4.69, 9.17) is 4.74 Å². The van der Waals surface area contributed by atoms with Crippen molar-refractivity contribution < 1.29 is 19.2 Å². The van der Waals surface area contributed by atoms with Crippen LogP contribution in [0.15, 0.2) is 48.5 Å². The molecule has 1 aliphatic heterocycles. The van der Waals surface area contributed by atoms with E-state index in [1.54, 1.807) is 36.4 Å². The summed E-state index contributed by atoms with van der Waals surface area (Å²) in [4.78, 5) is 26.1. The molecule has 2 aromatic carbocycles. The number of nitrogens with one attached hydrogen (secondary N) is 3. The highest BCUT2D eigenvalue weighted by Crippen LogP contribution is 2.17. The third-order valence-electron chi connectivity index (χ3n) is 5.32. The molecule has 29 heavy (non-hydrogen) atoms. The number of benzene rings is 2. The van der Waals surface area contributed by atoms with Crippen molar-refractivity contribution in [2.24, 2.45) is 0 Å². The molecule has 0 aromatic heterocycles. The van der Waals surface area contributed by atoms with Gasteiger partial charge in [0.05, 0.1) is 19.2 Å². The van der Waals surface area contributed by atoms with Crippen molar-refractivity contribution >= 4 is 23.2 Å². The van der Waals surface area contributed by atoms with E-state index < -0.39 is 0 Å². The van der Waals surface area contributed by atoms with Gasteiger partial charge in [-0.25, -0.2) is 0 Å². The van der Waals surface area contributed by atoms with Gasteiger partial charge in [-0.2, -0.15) is 0 Å². The van der Waals surface area contributed by atoms with Gasteiger partial charge in [0, 0.05) is 16.9 Å². The van der Waals surface area contributed by atoms with Crippen molar-refractivity contribution in [2.75, 3.05) is 30.3 Å². The topological polar surface area (TPSA) is 71.9 Å². The molecule has 2 amide bonds. The summed E-state index contributed by atoms with van der Waals surface area (Å²) in [7, 11) is 0. The van der Waals surface area contributed by atoms with Gasteiger partial charge in [0.2, 0.25) is 0 Å². The predicted molar refractivity (Wildman–Crippen MR) is 115 cm³/mol. The number of anilines is 2. The molecule has 6 heteroatoms. The van der Waals surface area contributed by atoms with Gasteiger partial charge in [-0.1, -0.05) is 0 Å². The Morgan fingerprint density at radius 1 is 1.00 bits per heavy atom. The Hall–Kier alpha value is -2.86. The lowest BCUT2D eigenvalue weighted by Gasteiger charge is -2.29. The van der Waals surface area contributed by atoms with Crippen LogP contribution in [-0.4, -0.2) is 37.6 Å². The minimum Gasteiger partial charge on any atom is -0.494 e. The summed E-state index contributed by atoms with van der Waals surface area (Å²) < 4.78 is 5.40. The summed E-state index contributed by atoms with van der Waals surface area (Å²) in [6, 6.07) is 14.8. The Kier molecular flexibility index (Phi) is 7.25. The maximum absolute atomic E-state index is 12.4. The van der Waals surface area contributed by atoms with Gasteiger partial charge in [0.15, 0.2) is 6.54 Å². The van der Waals surface area contributed by atoms with Crippen LogP contribution in [-0.2, 0) is 4.79 Å². The second-order valence-electron chi connectivity index (χ2n) is 7.52. The zero-order chi connectivity index (χ0) is 20.6. The number of quaternary nitrogens is 1. The molecule has 1 saturated heterocycles. The third-order valence-corrected chi connectivity index (χ3v) is 5.32. The maximum atomic E-state index is 12.4. The van der Waals surface area contributed by atoms with E-state index in [1.807, 2.05) is 19.1 Å². The summed E-state index contributed by atoms with van der Waals surface area (Å²) in [6.07, 6.45) is 3.62. The molecule has 154 valence electrons. The summed E-state index contributed by atoms with van der Waals surface area (Å²) in [6.45, 7) is 6.28. The Morgan fingerprint density at radius 3 is 2.31 bits per heavy atom. The first-order valence-corrected chi connectivity index (χ1v) is 10.3. The molecular weight excluding hydrogens is 366 g/mol. The largest absolute Gasteiger partial charge is 0.494 e. The van der Waals surface area contributed by atoms with Gasteiger partial charge < -0.3 is 20.3 Å². The average molecular weight is 397 g/mol. The molecule has 1 aliphatic rings. The van der Waals surface area contributed by atoms with E-state index in [2.05, 4.69) is 17.6 Å². The number of carbonyl (C=O) groups is 2. The molecule has 3 rings (SSSR count). The number of likely N-dealkylation sites (tertiary alicyclic amines) is 1. The molecule has 0 spiro atoms. The molecule has 0 radical (unpaired) electrons. The first-order valence-electron chi connectivity index (χ1n) is 10.3. The second-order valence-corrected chi connectivity index (χ2v) is 7.52. The molecule has 0 aliphatic carbocycles. The van der Waals surface area contributed by atoms with E-state index >= 15 is 0 Å². The number of piperidine rings is 1. The Balaban J connectivity index is 1.52. The van der Waals surface area contributed by atoms with Gasteiger partial charge in [0.1, 0.15) is 5.75 Å². The molecule has 6 nitrogen and oxygen atoms in total. The Labute approximate surface area is 172 Å². The van der Waals surface area contributed by atoms with Crippen LogP contribution >= 0.6 is 0 Å². The number of hydrogen-bond donors (Lipinski definition) is 3. The van der Waals surface area contributed by atoms with Gasteiger partial charge in [0.25, 0.3) is 11.8 Å². The van der Waals surface area contributed by atoms with Crippen molar-refractivity contribution in [1.82, 2.24) is 0 Å². The van der Waals surface area contributed by atoms with Gasteiger partial charge in [-0.15, -0.1) is 0 Å². The number of carbonyl (C=O) groups excluding carboxylic acids is 2. The summed E-state index contributed by atoms with van der Waals surface area (Å²) in [5.74, 6) is 0.588. The van der Waals surface area contributed by atoms with Crippen molar-refractivity contribution in [1.29, 1.82) is 0 Å². The van der Waals surface area contributed by atoms with Gasteiger partial charge in [-0.05, 0) is 81.6 Å². The van der Waals surface area contributed by atoms with Crippen molar-refractivity contribution in [3.63, 3.8) is 0 Å². The monoisotopic (exact) mass is 396 g/mol. The van der Waals surface area contributed by atoms with E-state index in [9.17, 15) is 9.59 Å². The molecule has 1 fully saturated rings. The van der Waals surface area contributed by atoms with Gasteiger partial charge in [-0.3, -0.25) is 9.59 Å². The van der Waals surface area contributed by atoms with Crippen LogP contribution < -0.4 is 20.3 Å².